The molecule has 1 heterocycles. The van der Waals surface area contributed by atoms with E-state index in [2.05, 4.69) is 35.5 Å². The Balaban J connectivity index is 1.87. The third-order valence-corrected chi connectivity index (χ3v) is 3.45. The van der Waals surface area contributed by atoms with Crippen LogP contribution in [0.4, 0.5) is 5.69 Å². The highest BCUT2D eigenvalue weighted by Crippen LogP contribution is 2.26. The van der Waals surface area contributed by atoms with Gasteiger partial charge in [0.2, 0.25) is 0 Å². The van der Waals surface area contributed by atoms with Crippen LogP contribution in [0.1, 0.15) is 24.5 Å². The summed E-state index contributed by atoms with van der Waals surface area (Å²) in [6.07, 6.45) is 2.48. The molecule has 0 bridgehead atoms. The summed E-state index contributed by atoms with van der Waals surface area (Å²) in [6.45, 7) is 6.66. The average molecular weight is 248 g/mol. The van der Waals surface area contributed by atoms with E-state index in [4.69, 9.17) is 4.74 Å². The summed E-state index contributed by atoms with van der Waals surface area (Å²) in [6, 6.07) is 6.83. The molecule has 3 nitrogen and oxygen atoms in total. The fourth-order valence-corrected chi connectivity index (χ4v) is 2.47. The molecule has 1 aliphatic heterocycles. The lowest BCUT2D eigenvalue weighted by molar-refractivity contribution is 0.149. The predicted molar refractivity (Wildman–Crippen MR) is 76.2 cm³/mol. The van der Waals surface area contributed by atoms with Gasteiger partial charge in [0.15, 0.2) is 0 Å². The molecule has 0 aromatic heterocycles. The quantitative estimate of drug-likeness (QED) is 0.781. The summed E-state index contributed by atoms with van der Waals surface area (Å²) >= 11 is 0. The number of anilines is 1. The number of nitrogens with one attached hydrogen (secondary N) is 1. The third-order valence-electron chi connectivity index (χ3n) is 3.45. The van der Waals surface area contributed by atoms with Crippen LogP contribution < -0.4 is 10.2 Å². The van der Waals surface area contributed by atoms with Crippen molar-refractivity contribution in [3.63, 3.8) is 0 Å². The van der Waals surface area contributed by atoms with E-state index in [1.807, 2.05) is 6.92 Å². The first-order chi connectivity index (χ1) is 8.81. The molecule has 100 valence electrons. The molecule has 0 atom stereocenters. The fourth-order valence-electron chi connectivity index (χ4n) is 2.47. The van der Waals surface area contributed by atoms with Gasteiger partial charge in [-0.3, -0.25) is 0 Å². The van der Waals surface area contributed by atoms with Crippen LogP contribution in [0.25, 0.3) is 0 Å². The van der Waals surface area contributed by atoms with Gasteiger partial charge in [-0.1, -0.05) is 12.1 Å². The zero-order chi connectivity index (χ0) is 12.8. The minimum atomic E-state index is 0.796. The van der Waals surface area contributed by atoms with Crippen LogP contribution in [0.3, 0.4) is 0 Å². The molecular formula is C15H24N2O. The van der Waals surface area contributed by atoms with Crippen molar-refractivity contribution in [3.8, 4) is 0 Å². The second-order valence-electron chi connectivity index (χ2n) is 4.86. The SMILES string of the molecule is CCOCCNCc1ccc2c(c1)CCCN2C. The van der Waals surface area contributed by atoms with Crippen LogP contribution in [-0.4, -0.2) is 33.4 Å². The van der Waals surface area contributed by atoms with E-state index in [9.17, 15) is 0 Å². The van der Waals surface area contributed by atoms with Crippen LogP contribution in [0.15, 0.2) is 18.2 Å². The molecule has 1 aliphatic rings. The zero-order valence-corrected chi connectivity index (χ0v) is 11.5. The number of rotatable bonds is 6. The van der Waals surface area contributed by atoms with Gasteiger partial charge in [-0.05, 0) is 37.0 Å². The summed E-state index contributed by atoms with van der Waals surface area (Å²) in [5.74, 6) is 0. The Morgan fingerprint density at radius 3 is 3.11 bits per heavy atom. The van der Waals surface area contributed by atoms with Crippen molar-refractivity contribution in [2.24, 2.45) is 0 Å². The van der Waals surface area contributed by atoms with Crippen LogP contribution in [0.2, 0.25) is 0 Å². The molecule has 3 heteroatoms. The second kappa shape index (κ2) is 6.76. The van der Waals surface area contributed by atoms with Crippen molar-refractivity contribution in [1.82, 2.24) is 5.32 Å². The van der Waals surface area contributed by atoms with Gasteiger partial charge in [0.25, 0.3) is 0 Å². The van der Waals surface area contributed by atoms with Crippen molar-refractivity contribution in [1.29, 1.82) is 0 Å². The summed E-state index contributed by atoms with van der Waals surface area (Å²) in [7, 11) is 2.18. The number of aryl methyl sites for hydroxylation is 1. The fraction of sp³-hybridized carbons (Fsp3) is 0.600. The Morgan fingerprint density at radius 2 is 2.28 bits per heavy atom. The molecule has 0 saturated heterocycles. The van der Waals surface area contributed by atoms with E-state index in [1.54, 1.807) is 0 Å². The standard InChI is InChI=1S/C15H24N2O/c1-3-18-10-8-16-12-13-6-7-15-14(11-13)5-4-9-17(15)2/h6-7,11,16H,3-5,8-10,12H2,1-2H3. The molecule has 18 heavy (non-hydrogen) atoms. The highest BCUT2D eigenvalue weighted by Gasteiger charge is 2.13. The van der Waals surface area contributed by atoms with Gasteiger partial charge in [-0.25, -0.2) is 0 Å². The first-order valence-corrected chi connectivity index (χ1v) is 6.92. The smallest absolute Gasteiger partial charge is 0.0590 e. The molecule has 0 aliphatic carbocycles. The lowest BCUT2D eigenvalue weighted by atomic mass is 9.99. The lowest BCUT2D eigenvalue weighted by Crippen LogP contribution is -2.25. The summed E-state index contributed by atoms with van der Waals surface area (Å²) < 4.78 is 5.31. The minimum absolute atomic E-state index is 0.796. The van der Waals surface area contributed by atoms with Gasteiger partial charge in [0.05, 0.1) is 6.61 Å². The third kappa shape index (κ3) is 3.47. The van der Waals surface area contributed by atoms with E-state index >= 15 is 0 Å². The van der Waals surface area contributed by atoms with Crippen LogP contribution >= 0.6 is 0 Å². The maximum Gasteiger partial charge on any atom is 0.0590 e. The van der Waals surface area contributed by atoms with Crippen molar-refractivity contribution in [2.75, 3.05) is 38.3 Å². The van der Waals surface area contributed by atoms with E-state index < -0.39 is 0 Å². The molecule has 0 saturated carbocycles. The molecule has 0 radical (unpaired) electrons. The van der Waals surface area contributed by atoms with Gasteiger partial charge in [0.1, 0.15) is 0 Å². The normalized spacial score (nSPS) is 14.7. The number of hydrogen-bond donors (Lipinski definition) is 1. The number of ether oxygens (including phenoxy) is 1. The van der Waals surface area contributed by atoms with Crippen LogP contribution in [0, 0.1) is 0 Å². The Bertz CT molecular complexity index is 379. The monoisotopic (exact) mass is 248 g/mol. The zero-order valence-electron chi connectivity index (χ0n) is 11.5. The van der Waals surface area contributed by atoms with Gasteiger partial charge in [-0.15, -0.1) is 0 Å². The van der Waals surface area contributed by atoms with Gasteiger partial charge >= 0.3 is 0 Å². The largest absolute Gasteiger partial charge is 0.380 e. The highest BCUT2D eigenvalue weighted by atomic mass is 16.5. The van der Waals surface area contributed by atoms with E-state index in [0.717, 1.165) is 26.3 Å². The van der Waals surface area contributed by atoms with Crippen LogP contribution in [0.5, 0.6) is 0 Å². The molecule has 2 rings (SSSR count). The van der Waals surface area contributed by atoms with E-state index in [-0.39, 0.29) is 0 Å². The van der Waals surface area contributed by atoms with Crippen LogP contribution in [-0.2, 0) is 17.7 Å². The van der Waals surface area contributed by atoms with Gasteiger partial charge in [0, 0.05) is 39.0 Å². The molecule has 1 N–H and O–H groups in total. The maximum atomic E-state index is 5.31. The molecular weight excluding hydrogens is 224 g/mol. The lowest BCUT2D eigenvalue weighted by Gasteiger charge is -2.27. The summed E-state index contributed by atoms with van der Waals surface area (Å²) in [4.78, 5) is 2.35. The number of nitrogens with zero attached hydrogens (tertiary/aromatic N) is 1. The molecule has 1 aromatic carbocycles. The Kier molecular flexibility index (Phi) is 5.02. The Morgan fingerprint density at radius 1 is 1.39 bits per heavy atom. The Labute approximate surface area is 110 Å². The predicted octanol–water partition coefficient (Wildman–Crippen LogP) is 2.20. The summed E-state index contributed by atoms with van der Waals surface area (Å²) in [5.41, 5.74) is 4.27. The number of fused-ring (bicyclic) bond motifs is 1. The van der Waals surface area contributed by atoms with Gasteiger partial charge in [-0.2, -0.15) is 0 Å². The average Bonchev–Trinajstić information content (AvgIpc) is 2.39. The van der Waals surface area contributed by atoms with Gasteiger partial charge < -0.3 is 15.0 Å². The molecule has 0 spiro atoms. The highest BCUT2D eigenvalue weighted by molar-refractivity contribution is 5.56. The van der Waals surface area contributed by atoms with Crippen molar-refractivity contribution >= 4 is 5.69 Å². The van der Waals surface area contributed by atoms with E-state index in [0.29, 0.717) is 0 Å². The van der Waals surface area contributed by atoms with Crippen molar-refractivity contribution in [3.05, 3.63) is 29.3 Å². The van der Waals surface area contributed by atoms with E-state index in [1.165, 1.54) is 36.2 Å². The molecule has 0 unspecified atom stereocenters. The first kappa shape index (κ1) is 13.4. The Hall–Kier alpha value is -1.06. The topological polar surface area (TPSA) is 24.5 Å². The molecule has 1 aromatic rings. The first-order valence-electron chi connectivity index (χ1n) is 6.92. The molecule has 0 fully saturated rings. The van der Waals surface area contributed by atoms with Crippen molar-refractivity contribution in [2.45, 2.75) is 26.3 Å². The molecule has 0 amide bonds. The second-order valence-corrected chi connectivity index (χ2v) is 4.86. The van der Waals surface area contributed by atoms with Crippen molar-refractivity contribution < 1.29 is 4.74 Å². The number of hydrogen-bond acceptors (Lipinski definition) is 3. The maximum absolute atomic E-state index is 5.31. The summed E-state index contributed by atoms with van der Waals surface area (Å²) in [5, 5.41) is 3.42. The number of benzene rings is 1. The minimum Gasteiger partial charge on any atom is -0.380 e.